The van der Waals surface area contributed by atoms with Crippen molar-refractivity contribution in [1.82, 2.24) is 10.2 Å². The Bertz CT molecular complexity index is 260. The number of ether oxygens (including phenoxy) is 1. The minimum absolute atomic E-state index is 0.0785. The molecule has 16 heavy (non-hydrogen) atoms. The van der Waals surface area contributed by atoms with Crippen LogP contribution in [0.3, 0.4) is 0 Å². The lowest BCUT2D eigenvalue weighted by Crippen LogP contribution is -2.45. The highest BCUT2D eigenvalue weighted by molar-refractivity contribution is 5.80. The van der Waals surface area contributed by atoms with Crippen LogP contribution in [0.2, 0.25) is 0 Å². The fourth-order valence-electron chi connectivity index (χ4n) is 2.44. The average molecular weight is 228 g/mol. The van der Waals surface area contributed by atoms with Gasteiger partial charge < -0.3 is 20.1 Å². The molecule has 0 bridgehead atoms. The van der Waals surface area contributed by atoms with Gasteiger partial charge in [-0.1, -0.05) is 6.92 Å². The van der Waals surface area contributed by atoms with E-state index in [2.05, 4.69) is 5.32 Å². The number of amides is 1. The van der Waals surface area contributed by atoms with Crippen molar-refractivity contribution in [2.75, 3.05) is 32.8 Å². The van der Waals surface area contributed by atoms with Crippen LogP contribution in [-0.2, 0) is 9.53 Å². The van der Waals surface area contributed by atoms with Gasteiger partial charge in [0, 0.05) is 19.1 Å². The molecule has 2 saturated heterocycles. The molecular weight excluding hydrogens is 208 g/mol. The zero-order chi connectivity index (χ0) is 11.5. The lowest BCUT2D eigenvalue weighted by atomic mass is 10.0. The van der Waals surface area contributed by atoms with Gasteiger partial charge in [-0.05, 0) is 13.0 Å². The molecule has 5 heteroatoms. The maximum Gasteiger partial charge on any atom is 0.229 e. The van der Waals surface area contributed by atoms with Gasteiger partial charge in [0.1, 0.15) is 0 Å². The van der Waals surface area contributed by atoms with E-state index in [1.165, 1.54) is 0 Å². The molecule has 2 aliphatic rings. The summed E-state index contributed by atoms with van der Waals surface area (Å²) in [6.45, 7) is 5.15. The van der Waals surface area contributed by atoms with E-state index in [-0.39, 0.29) is 24.0 Å². The average Bonchev–Trinajstić information content (AvgIpc) is 2.87. The summed E-state index contributed by atoms with van der Waals surface area (Å²) in [5.74, 6) is 0.0465. The molecule has 2 aliphatic heterocycles. The van der Waals surface area contributed by atoms with Gasteiger partial charge in [0.2, 0.25) is 5.91 Å². The third kappa shape index (κ3) is 2.36. The van der Waals surface area contributed by atoms with Crippen LogP contribution in [0.4, 0.5) is 0 Å². The number of rotatable bonds is 3. The Labute approximate surface area is 95.8 Å². The second-order valence-corrected chi connectivity index (χ2v) is 4.53. The zero-order valence-corrected chi connectivity index (χ0v) is 9.69. The Morgan fingerprint density at radius 3 is 3.00 bits per heavy atom. The number of aliphatic hydroxyl groups excluding tert-OH is 1. The summed E-state index contributed by atoms with van der Waals surface area (Å²) in [5.41, 5.74) is 0. The number of β-amino-alcohol motifs (C(OH)–C–C–N with tert-alkyl or cyclic N) is 1. The van der Waals surface area contributed by atoms with Gasteiger partial charge in [0.25, 0.3) is 0 Å². The number of aliphatic hydroxyl groups is 1. The first-order valence-corrected chi connectivity index (χ1v) is 6.00. The molecule has 92 valence electrons. The van der Waals surface area contributed by atoms with Gasteiger partial charge in [-0.25, -0.2) is 0 Å². The molecule has 0 aromatic carbocycles. The number of nitrogens with one attached hydrogen (secondary N) is 1. The normalized spacial score (nSPS) is 34.6. The number of nitrogens with zero attached hydrogens (tertiary/aromatic N) is 1. The number of likely N-dealkylation sites (tertiary alicyclic amines) is 1. The quantitative estimate of drug-likeness (QED) is 0.664. The van der Waals surface area contributed by atoms with E-state index in [0.717, 1.165) is 6.54 Å². The third-order valence-corrected chi connectivity index (χ3v) is 3.34. The van der Waals surface area contributed by atoms with Gasteiger partial charge in [0.15, 0.2) is 0 Å². The van der Waals surface area contributed by atoms with Gasteiger partial charge in [-0.15, -0.1) is 0 Å². The second-order valence-electron chi connectivity index (χ2n) is 4.53. The largest absolute Gasteiger partial charge is 0.391 e. The van der Waals surface area contributed by atoms with Gasteiger partial charge in [-0.3, -0.25) is 4.79 Å². The van der Waals surface area contributed by atoms with Crippen LogP contribution in [-0.4, -0.2) is 60.9 Å². The Kier molecular flexibility index (Phi) is 3.78. The molecule has 0 aliphatic carbocycles. The van der Waals surface area contributed by atoms with Crippen molar-refractivity contribution in [3.05, 3.63) is 0 Å². The van der Waals surface area contributed by atoms with E-state index in [9.17, 15) is 9.90 Å². The Hall–Kier alpha value is -0.650. The predicted octanol–water partition coefficient (Wildman–Crippen LogP) is -0.796. The SMILES string of the molecule is CCNC1COCC1C(=O)N1CC[C@H](O)C1. The smallest absolute Gasteiger partial charge is 0.229 e. The van der Waals surface area contributed by atoms with E-state index in [4.69, 9.17) is 4.74 Å². The highest BCUT2D eigenvalue weighted by Crippen LogP contribution is 2.19. The molecule has 0 aromatic heterocycles. The number of hydrogen-bond donors (Lipinski definition) is 2. The summed E-state index contributed by atoms with van der Waals surface area (Å²) in [6, 6.07) is 0.134. The van der Waals surface area contributed by atoms with Crippen LogP contribution in [0.1, 0.15) is 13.3 Å². The summed E-state index contributed by atoms with van der Waals surface area (Å²) < 4.78 is 5.36. The topological polar surface area (TPSA) is 61.8 Å². The molecule has 2 heterocycles. The third-order valence-electron chi connectivity index (χ3n) is 3.34. The fraction of sp³-hybridized carbons (Fsp3) is 0.909. The fourth-order valence-corrected chi connectivity index (χ4v) is 2.44. The first-order valence-electron chi connectivity index (χ1n) is 6.00. The molecular formula is C11H20N2O3. The summed E-state index contributed by atoms with van der Waals surface area (Å²) in [7, 11) is 0. The standard InChI is InChI=1S/C11H20N2O3/c1-2-12-10-7-16-6-9(10)11(15)13-4-3-8(14)5-13/h8-10,12,14H,2-7H2,1H3/t8-,9?,10?/m0/s1. The first-order chi connectivity index (χ1) is 7.72. The van der Waals surface area contributed by atoms with Gasteiger partial charge in [-0.2, -0.15) is 0 Å². The van der Waals surface area contributed by atoms with Crippen LogP contribution >= 0.6 is 0 Å². The van der Waals surface area contributed by atoms with Crippen molar-refractivity contribution in [3.63, 3.8) is 0 Å². The number of hydrogen-bond acceptors (Lipinski definition) is 4. The van der Waals surface area contributed by atoms with Crippen LogP contribution in [0, 0.1) is 5.92 Å². The Morgan fingerprint density at radius 2 is 2.38 bits per heavy atom. The number of carbonyl (C=O) groups excluding carboxylic acids is 1. The Morgan fingerprint density at radius 1 is 1.56 bits per heavy atom. The highest BCUT2D eigenvalue weighted by atomic mass is 16.5. The summed E-state index contributed by atoms with van der Waals surface area (Å²) in [6.07, 6.45) is 0.356. The predicted molar refractivity (Wildman–Crippen MR) is 59.0 cm³/mol. The molecule has 0 spiro atoms. The summed E-state index contributed by atoms with van der Waals surface area (Å²) in [4.78, 5) is 13.9. The zero-order valence-electron chi connectivity index (χ0n) is 9.69. The lowest BCUT2D eigenvalue weighted by molar-refractivity contribution is -0.135. The van der Waals surface area contributed by atoms with Crippen molar-refractivity contribution in [2.45, 2.75) is 25.5 Å². The van der Waals surface area contributed by atoms with Crippen molar-refractivity contribution >= 4 is 5.91 Å². The molecule has 2 unspecified atom stereocenters. The number of carbonyl (C=O) groups is 1. The first kappa shape index (κ1) is 11.8. The molecule has 1 amide bonds. The Balaban J connectivity index is 1.93. The molecule has 0 radical (unpaired) electrons. The van der Waals surface area contributed by atoms with Gasteiger partial charge in [0.05, 0.1) is 25.2 Å². The summed E-state index contributed by atoms with van der Waals surface area (Å²) in [5, 5.41) is 12.7. The van der Waals surface area contributed by atoms with E-state index in [0.29, 0.717) is 32.7 Å². The van der Waals surface area contributed by atoms with E-state index in [1.807, 2.05) is 6.92 Å². The maximum atomic E-state index is 12.2. The number of likely N-dealkylation sites (N-methyl/N-ethyl adjacent to an activating group) is 1. The van der Waals surface area contributed by atoms with Crippen molar-refractivity contribution in [2.24, 2.45) is 5.92 Å². The minimum Gasteiger partial charge on any atom is -0.391 e. The van der Waals surface area contributed by atoms with Crippen LogP contribution < -0.4 is 5.32 Å². The molecule has 0 aromatic rings. The van der Waals surface area contributed by atoms with Crippen LogP contribution in [0.15, 0.2) is 0 Å². The van der Waals surface area contributed by atoms with E-state index >= 15 is 0 Å². The minimum atomic E-state index is -0.344. The monoisotopic (exact) mass is 228 g/mol. The molecule has 2 N–H and O–H groups in total. The molecule has 5 nitrogen and oxygen atoms in total. The van der Waals surface area contributed by atoms with Crippen molar-refractivity contribution in [1.29, 1.82) is 0 Å². The second kappa shape index (κ2) is 5.12. The van der Waals surface area contributed by atoms with Crippen LogP contribution in [0.25, 0.3) is 0 Å². The summed E-state index contributed by atoms with van der Waals surface area (Å²) >= 11 is 0. The van der Waals surface area contributed by atoms with Crippen molar-refractivity contribution in [3.8, 4) is 0 Å². The van der Waals surface area contributed by atoms with E-state index < -0.39 is 0 Å². The molecule has 2 rings (SSSR count). The highest BCUT2D eigenvalue weighted by Gasteiger charge is 2.37. The van der Waals surface area contributed by atoms with Gasteiger partial charge >= 0.3 is 0 Å². The molecule has 3 atom stereocenters. The lowest BCUT2D eigenvalue weighted by Gasteiger charge is -2.23. The van der Waals surface area contributed by atoms with E-state index in [1.54, 1.807) is 4.90 Å². The van der Waals surface area contributed by atoms with Crippen LogP contribution in [0.5, 0.6) is 0 Å². The maximum absolute atomic E-state index is 12.2. The molecule has 0 saturated carbocycles. The molecule has 2 fully saturated rings. The van der Waals surface area contributed by atoms with Crippen molar-refractivity contribution < 1.29 is 14.6 Å².